The summed E-state index contributed by atoms with van der Waals surface area (Å²) in [6.45, 7) is 3.26. The van der Waals surface area contributed by atoms with Crippen molar-refractivity contribution in [1.82, 2.24) is 4.90 Å². The van der Waals surface area contributed by atoms with Crippen LogP contribution in [0, 0.1) is 17.6 Å². The molecule has 1 atom stereocenters. The summed E-state index contributed by atoms with van der Waals surface area (Å²) < 4.78 is 27.1. The molecule has 0 saturated carbocycles. The molecule has 104 valence electrons. The van der Waals surface area contributed by atoms with Crippen LogP contribution in [0.2, 0.25) is 0 Å². The molecule has 1 amide bonds. The number of hydrogen-bond donors (Lipinski definition) is 1. The smallest absolute Gasteiger partial charge is 0.257 e. The maximum atomic E-state index is 13.8. The number of nitrogens with two attached hydrogens (primary N) is 1. The molecule has 19 heavy (non-hydrogen) atoms. The van der Waals surface area contributed by atoms with Crippen molar-refractivity contribution in [2.24, 2.45) is 5.92 Å². The molecular weight excluding hydrogens is 250 g/mol. The van der Waals surface area contributed by atoms with E-state index in [4.69, 9.17) is 5.73 Å². The molecule has 0 spiro atoms. The van der Waals surface area contributed by atoms with Crippen molar-refractivity contribution in [3.05, 3.63) is 29.3 Å². The normalized spacial score (nSPS) is 19.5. The summed E-state index contributed by atoms with van der Waals surface area (Å²) in [6.07, 6.45) is 2.96. The van der Waals surface area contributed by atoms with E-state index >= 15 is 0 Å². The number of benzene rings is 1. The summed E-state index contributed by atoms with van der Waals surface area (Å²) in [6, 6.07) is 1.81. The van der Waals surface area contributed by atoms with Gasteiger partial charge in [-0.25, -0.2) is 8.78 Å². The van der Waals surface area contributed by atoms with E-state index in [0.717, 1.165) is 31.4 Å². The van der Waals surface area contributed by atoms with Gasteiger partial charge in [0.2, 0.25) is 0 Å². The summed E-state index contributed by atoms with van der Waals surface area (Å²) in [5, 5.41) is 0. The molecule has 1 aromatic rings. The summed E-state index contributed by atoms with van der Waals surface area (Å²) in [5.41, 5.74) is 4.76. The number of halogens is 2. The van der Waals surface area contributed by atoms with Crippen LogP contribution in [0.3, 0.4) is 0 Å². The molecule has 1 heterocycles. The summed E-state index contributed by atoms with van der Waals surface area (Å²) >= 11 is 0. The van der Waals surface area contributed by atoms with Crippen molar-refractivity contribution >= 4 is 11.6 Å². The van der Waals surface area contributed by atoms with Gasteiger partial charge in [-0.2, -0.15) is 0 Å². The maximum Gasteiger partial charge on any atom is 0.257 e. The van der Waals surface area contributed by atoms with Crippen LogP contribution in [0.1, 0.15) is 36.5 Å². The first kappa shape index (κ1) is 13.8. The molecule has 1 aromatic carbocycles. The Morgan fingerprint density at radius 3 is 2.89 bits per heavy atom. The SMILES string of the molecule is CCC1CCCN(C(=O)c2cc(F)cc(N)c2F)C1. The van der Waals surface area contributed by atoms with E-state index in [1.165, 1.54) is 0 Å². The Hall–Kier alpha value is -1.65. The molecule has 3 nitrogen and oxygen atoms in total. The number of piperidine rings is 1. The Balaban J connectivity index is 2.24. The van der Waals surface area contributed by atoms with E-state index in [-0.39, 0.29) is 11.3 Å². The Bertz CT molecular complexity index is 491. The Labute approximate surface area is 111 Å². The predicted octanol–water partition coefficient (Wildman–Crippen LogP) is 2.81. The fourth-order valence-corrected chi connectivity index (χ4v) is 2.52. The van der Waals surface area contributed by atoms with Gasteiger partial charge in [-0.15, -0.1) is 0 Å². The predicted molar refractivity (Wildman–Crippen MR) is 69.7 cm³/mol. The first-order valence-corrected chi connectivity index (χ1v) is 6.56. The largest absolute Gasteiger partial charge is 0.396 e. The number of likely N-dealkylation sites (tertiary alicyclic amines) is 1. The van der Waals surface area contributed by atoms with Crippen molar-refractivity contribution in [3.63, 3.8) is 0 Å². The number of carbonyl (C=O) groups excluding carboxylic acids is 1. The third-order valence-electron chi connectivity index (χ3n) is 3.68. The number of hydrogen-bond acceptors (Lipinski definition) is 2. The first-order valence-electron chi connectivity index (χ1n) is 6.56. The van der Waals surface area contributed by atoms with Crippen molar-refractivity contribution in [1.29, 1.82) is 0 Å². The Kier molecular flexibility index (Phi) is 4.02. The van der Waals surface area contributed by atoms with Gasteiger partial charge in [0.15, 0.2) is 5.82 Å². The lowest BCUT2D eigenvalue weighted by Crippen LogP contribution is -2.40. The van der Waals surface area contributed by atoms with Gasteiger partial charge in [0, 0.05) is 13.1 Å². The molecular formula is C14H18F2N2O. The fourth-order valence-electron chi connectivity index (χ4n) is 2.52. The van der Waals surface area contributed by atoms with Gasteiger partial charge in [-0.3, -0.25) is 4.79 Å². The molecule has 1 aliphatic heterocycles. The zero-order chi connectivity index (χ0) is 14.0. The Morgan fingerprint density at radius 2 is 2.21 bits per heavy atom. The zero-order valence-electron chi connectivity index (χ0n) is 11.0. The Morgan fingerprint density at radius 1 is 1.47 bits per heavy atom. The number of carbonyl (C=O) groups is 1. The quantitative estimate of drug-likeness (QED) is 0.838. The third-order valence-corrected chi connectivity index (χ3v) is 3.68. The molecule has 2 N–H and O–H groups in total. The van der Waals surface area contributed by atoms with Crippen LogP contribution in [0.4, 0.5) is 14.5 Å². The minimum atomic E-state index is -0.829. The first-order chi connectivity index (χ1) is 9.02. The molecule has 1 aliphatic rings. The van der Waals surface area contributed by atoms with Gasteiger partial charge < -0.3 is 10.6 Å². The maximum absolute atomic E-state index is 13.8. The third kappa shape index (κ3) is 2.85. The number of amides is 1. The van der Waals surface area contributed by atoms with E-state index < -0.39 is 17.5 Å². The van der Waals surface area contributed by atoms with Gasteiger partial charge >= 0.3 is 0 Å². The summed E-state index contributed by atoms with van der Waals surface area (Å²) in [4.78, 5) is 13.8. The highest BCUT2D eigenvalue weighted by atomic mass is 19.1. The molecule has 1 fully saturated rings. The molecule has 1 saturated heterocycles. The van der Waals surface area contributed by atoms with Crippen LogP contribution in [-0.2, 0) is 0 Å². The van der Waals surface area contributed by atoms with Gasteiger partial charge in [-0.1, -0.05) is 13.3 Å². The van der Waals surface area contributed by atoms with Crippen molar-refractivity contribution < 1.29 is 13.6 Å². The molecule has 0 aliphatic carbocycles. The highest BCUT2D eigenvalue weighted by molar-refractivity contribution is 5.95. The van der Waals surface area contributed by atoms with Crippen molar-refractivity contribution in [2.75, 3.05) is 18.8 Å². The lowest BCUT2D eigenvalue weighted by atomic mass is 9.95. The van der Waals surface area contributed by atoms with Gasteiger partial charge in [-0.05, 0) is 30.9 Å². The standard InChI is InChI=1S/C14H18F2N2O/c1-2-9-4-3-5-18(8-9)14(19)11-6-10(15)7-12(17)13(11)16/h6-7,9H,2-5,8,17H2,1H3. The average molecular weight is 268 g/mol. The average Bonchev–Trinajstić information content (AvgIpc) is 2.42. The second-order valence-corrected chi connectivity index (χ2v) is 5.02. The van der Waals surface area contributed by atoms with Crippen LogP contribution < -0.4 is 5.73 Å². The monoisotopic (exact) mass is 268 g/mol. The second-order valence-electron chi connectivity index (χ2n) is 5.02. The number of anilines is 1. The summed E-state index contributed by atoms with van der Waals surface area (Å²) in [7, 11) is 0. The number of rotatable bonds is 2. The van der Waals surface area contributed by atoms with E-state index in [0.29, 0.717) is 19.0 Å². The van der Waals surface area contributed by atoms with E-state index in [1.807, 2.05) is 0 Å². The highest BCUT2D eigenvalue weighted by Crippen LogP contribution is 2.24. The van der Waals surface area contributed by atoms with E-state index in [1.54, 1.807) is 4.90 Å². The van der Waals surface area contributed by atoms with Crippen LogP contribution >= 0.6 is 0 Å². The topological polar surface area (TPSA) is 46.3 Å². The van der Waals surface area contributed by atoms with Gasteiger partial charge in [0.25, 0.3) is 5.91 Å². The fraction of sp³-hybridized carbons (Fsp3) is 0.500. The molecule has 2 rings (SSSR count). The van der Waals surface area contributed by atoms with Crippen LogP contribution in [0.25, 0.3) is 0 Å². The minimum Gasteiger partial charge on any atom is -0.396 e. The van der Waals surface area contributed by atoms with Crippen LogP contribution in [0.15, 0.2) is 12.1 Å². The summed E-state index contributed by atoms with van der Waals surface area (Å²) in [5.74, 6) is -1.55. The molecule has 0 aromatic heterocycles. The molecule has 0 bridgehead atoms. The van der Waals surface area contributed by atoms with Crippen molar-refractivity contribution in [3.8, 4) is 0 Å². The van der Waals surface area contributed by atoms with E-state index in [2.05, 4.69) is 6.92 Å². The molecule has 0 radical (unpaired) electrons. The molecule has 5 heteroatoms. The lowest BCUT2D eigenvalue weighted by Gasteiger charge is -2.32. The van der Waals surface area contributed by atoms with Gasteiger partial charge in [0.1, 0.15) is 5.82 Å². The van der Waals surface area contributed by atoms with Crippen molar-refractivity contribution in [2.45, 2.75) is 26.2 Å². The van der Waals surface area contributed by atoms with E-state index in [9.17, 15) is 13.6 Å². The van der Waals surface area contributed by atoms with Crippen LogP contribution in [-0.4, -0.2) is 23.9 Å². The molecule has 1 unspecified atom stereocenters. The number of nitrogens with zero attached hydrogens (tertiary/aromatic N) is 1. The van der Waals surface area contributed by atoms with Crippen LogP contribution in [0.5, 0.6) is 0 Å². The highest BCUT2D eigenvalue weighted by Gasteiger charge is 2.26. The number of nitrogen functional groups attached to an aromatic ring is 1. The second kappa shape index (κ2) is 5.55. The minimum absolute atomic E-state index is 0.269. The lowest BCUT2D eigenvalue weighted by molar-refractivity contribution is 0.0666. The zero-order valence-corrected chi connectivity index (χ0v) is 11.0. The van der Waals surface area contributed by atoms with Gasteiger partial charge in [0.05, 0.1) is 11.3 Å².